The van der Waals surface area contributed by atoms with Gasteiger partial charge in [0.1, 0.15) is 4.88 Å². The third-order valence-corrected chi connectivity index (χ3v) is 6.52. The van der Waals surface area contributed by atoms with Crippen molar-refractivity contribution in [3.63, 3.8) is 0 Å². The van der Waals surface area contributed by atoms with Gasteiger partial charge in [-0.3, -0.25) is 0 Å². The molecule has 0 saturated carbocycles. The van der Waals surface area contributed by atoms with Crippen molar-refractivity contribution in [1.29, 1.82) is 0 Å². The lowest BCUT2D eigenvalue weighted by Gasteiger charge is -2.11. The highest BCUT2D eigenvalue weighted by molar-refractivity contribution is 7.90. The summed E-state index contributed by atoms with van der Waals surface area (Å²) in [6.45, 7) is 0.124. The average molecular weight is 337 g/mol. The molecular formula is C15H15NO4S2. The Morgan fingerprint density at radius 3 is 2.45 bits per heavy atom. The predicted octanol–water partition coefficient (Wildman–Crippen LogP) is 2.03. The highest BCUT2D eigenvalue weighted by atomic mass is 32.2. The van der Waals surface area contributed by atoms with Crippen LogP contribution in [0.5, 0.6) is 0 Å². The van der Waals surface area contributed by atoms with E-state index in [1.807, 2.05) is 24.3 Å². The number of hydrogen-bond acceptors (Lipinski definition) is 4. The molecule has 0 atom stereocenters. The van der Waals surface area contributed by atoms with Crippen LogP contribution in [0.3, 0.4) is 0 Å². The Bertz CT molecular complexity index is 785. The largest absolute Gasteiger partial charge is 0.477 e. The van der Waals surface area contributed by atoms with Gasteiger partial charge in [-0.1, -0.05) is 24.3 Å². The Hall–Kier alpha value is -1.70. The Morgan fingerprint density at radius 2 is 1.91 bits per heavy atom. The zero-order chi connectivity index (χ0) is 15.7. The maximum absolute atomic E-state index is 12.4. The molecule has 0 saturated heterocycles. The summed E-state index contributed by atoms with van der Waals surface area (Å²) in [6, 6.07) is 9.25. The zero-order valence-electron chi connectivity index (χ0n) is 11.7. The van der Waals surface area contributed by atoms with Crippen molar-refractivity contribution in [3.05, 3.63) is 57.3 Å². The van der Waals surface area contributed by atoms with Crippen molar-refractivity contribution in [2.24, 2.45) is 0 Å². The Kier molecular flexibility index (Phi) is 4.03. The molecule has 0 bridgehead atoms. The summed E-state index contributed by atoms with van der Waals surface area (Å²) < 4.78 is 27.4. The fraction of sp³-hybridized carbons (Fsp3) is 0.267. The van der Waals surface area contributed by atoms with Crippen molar-refractivity contribution in [2.45, 2.75) is 24.6 Å². The van der Waals surface area contributed by atoms with Crippen LogP contribution >= 0.6 is 11.3 Å². The fourth-order valence-corrected chi connectivity index (χ4v) is 4.77. The minimum atomic E-state index is -3.43. The smallest absolute Gasteiger partial charge is 0.345 e. The summed E-state index contributed by atoms with van der Waals surface area (Å²) >= 11 is 1.10. The summed E-state index contributed by atoms with van der Waals surface area (Å²) in [7, 11) is -3.43. The van der Waals surface area contributed by atoms with Gasteiger partial charge in [-0.2, -0.15) is 0 Å². The molecule has 0 radical (unpaired) electrons. The number of hydrogen-bond donors (Lipinski definition) is 2. The molecular weight excluding hydrogens is 322 g/mol. The molecule has 1 aliphatic carbocycles. The number of sulfonamides is 1. The molecule has 0 unspecified atom stereocenters. The van der Waals surface area contributed by atoms with Gasteiger partial charge >= 0.3 is 5.97 Å². The summed E-state index contributed by atoms with van der Waals surface area (Å²) in [4.78, 5) is 11.0. The second-order valence-corrected chi connectivity index (χ2v) is 8.25. The van der Waals surface area contributed by atoms with Gasteiger partial charge in [0.2, 0.25) is 10.0 Å². The van der Waals surface area contributed by atoms with Gasteiger partial charge in [-0.25, -0.2) is 17.9 Å². The molecule has 0 aliphatic heterocycles. The molecule has 2 N–H and O–H groups in total. The van der Waals surface area contributed by atoms with Crippen molar-refractivity contribution in [2.75, 3.05) is 0 Å². The molecule has 116 valence electrons. The summed E-state index contributed by atoms with van der Waals surface area (Å²) in [5.74, 6) is -0.995. The van der Waals surface area contributed by atoms with E-state index in [4.69, 9.17) is 5.11 Å². The van der Waals surface area contributed by atoms with E-state index in [1.165, 1.54) is 6.07 Å². The highest BCUT2D eigenvalue weighted by Crippen LogP contribution is 2.26. The number of fused-ring (bicyclic) bond motifs is 1. The van der Waals surface area contributed by atoms with Crippen molar-refractivity contribution in [1.82, 2.24) is 4.72 Å². The Morgan fingerprint density at radius 1 is 1.27 bits per heavy atom. The first-order valence-corrected chi connectivity index (χ1v) is 9.24. The lowest BCUT2D eigenvalue weighted by molar-refractivity contribution is 0.0702. The van der Waals surface area contributed by atoms with E-state index in [-0.39, 0.29) is 11.4 Å². The van der Waals surface area contributed by atoms with E-state index < -0.39 is 21.2 Å². The Labute approximate surface area is 132 Å². The molecule has 3 rings (SSSR count). The number of aromatic carboxylic acids is 1. The third kappa shape index (κ3) is 3.06. The minimum absolute atomic E-state index is 0.124. The number of carbonyl (C=O) groups is 1. The molecule has 1 aromatic carbocycles. The highest BCUT2D eigenvalue weighted by Gasteiger charge is 2.31. The number of thiophene rings is 1. The quantitative estimate of drug-likeness (QED) is 0.874. The first kappa shape index (κ1) is 15.2. The summed E-state index contributed by atoms with van der Waals surface area (Å²) in [5, 5.41) is 10.1. The number of nitrogens with one attached hydrogen (secondary N) is 1. The van der Waals surface area contributed by atoms with Gasteiger partial charge in [-0.05, 0) is 41.0 Å². The van der Waals surface area contributed by atoms with E-state index >= 15 is 0 Å². The van der Waals surface area contributed by atoms with Gasteiger partial charge in [0.25, 0.3) is 0 Å². The number of benzene rings is 1. The predicted molar refractivity (Wildman–Crippen MR) is 84.7 cm³/mol. The maximum Gasteiger partial charge on any atom is 0.345 e. The van der Waals surface area contributed by atoms with E-state index in [0.717, 1.165) is 22.5 Å². The zero-order valence-corrected chi connectivity index (χ0v) is 13.3. The van der Waals surface area contributed by atoms with Crippen LogP contribution < -0.4 is 4.72 Å². The fourth-order valence-electron chi connectivity index (χ4n) is 2.62. The molecule has 0 amide bonds. The van der Waals surface area contributed by atoms with Gasteiger partial charge < -0.3 is 5.11 Å². The van der Waals surface area contributed by atoms with E-state index in [0.29, 0.717) is 18.4 Å². The normalized spacial score (nSPS) is 14.9. The Balaban J connectivity index is 1.66. The molecule has 1 heterocycles. The lowest BCUT2D eigenvalue weighted by atomic mass is 10.1. The first-order chi connectivity index (χ1) is 10.5. The first-order valence-electron chi connectivity index (χ1n) is 6.81. The van der Waals surface area contributed by atoms with Crippen LogP contribution in [0, 0.1) is 0 Å². The van der Waals surface area contributed by atoms with Crippen LogP contribution in [0.25, 0.3) is 0 Å². The number of carboxylic acids is 1. The number of rotatable bonds is 5. The molecule has 5 nitrogen and oxygen atoms in total. The van der Waals surface area contributed by atoms with Crippen LogP contribution in [-0.4, -0.2) is 24.7 Å². The summed E-state index contributed by atoms with van der Waals surface area (Å²) in [6.07, 6.45) is 1.05. The van der Waals surface area contributed by atoms with E-state index in [9.17, 15) is 13.2 Å². The van der Waals surface area contributed by atoms with Crippen LogP contribution in [0.15, 0.2) is 35.7 Å². The van der Waals surface area contributed by atoms with Gasteiger partial charge in [0.05, 0.1) is 5.25 Å². The molecule has 22 heavy (non-hydrogen) atoms. The SMILES string of the molecule is O=C(O)c1cc(CNS(=O)(=O)C2Cc3ccccc3C2)cs1. The number of carboxylic acid groups (broad SMARTS) is 1. The van der Waals surface area contributed by atoms with Crippen LogP contribution in [0.1, 0.15) is 26.4 Å². The molecule has 0 spiro atoms. The van der Waals surface area contributed by atoms with Crippen molar-refractivity contribution in [3.8, 4) is 0 Å². The average Bonchev–Trinajstić information content (AvgIpc) is 3.12. The summed E-state index contributed by atoms with van der Waals surface area (Å²) in [5.41, 5.74) is 2.84. The van der Waals surface area contributed by atoms with Gasteiger partial charge in [0.15, 0.2) is 0 Å². The standard InChI is InChI=1S/C15H15NO4S2/c17-15(18)14-5-10(9-21-14)8-16-22(19,20)13-6-11-3-1-2-4-12(11)7-13/h1-5,9,13,16H,6-8H2,(H,17,18). The molecule has 1 aliphatic rings. The van der Waals surface area contributed by atoms with Crippen LogP contribution in [0.4, 0.5) is 0 Å². The third-order valence-electron chi connectivity index (χ3n) is 3.79. The van der Waals surface area contributed by atoms with Gasteiger partial charge in [-0.15, -0.1) is 11.3 Å². The second-order valence-electron chi connectivity index (χ2n) is 5.29. The monoisotopic (exact) mass is 337 g/mol. The minimum Gasteiger partial charge on any atom is -0.477 e. The van der Waals surface area contributed by atoms with E-state index in [2.05, 4.69) is 4.72 Å². The van der Waals surface area contributed by atoms with Gasteiger partial charge in [0, 0.05) is 6.54 Å². The molecule has 1 aromatic heterocycles. The second kappa shape index (κ2) is 5.83. The van der Waals surface area contributed by atoms with Crippen LogP contribution in [0.2, 0.25) is 0 Å². The molecule has 0 fully saturated rings. The topological polar surface area (TPSA) is 83.5 Å². The molecule has 2 aromatic rings. The van der Waals surface area contributed by atoms with Crippen molar-refractivity contribution >= 4 is 27.3 Å². The van der Waals surface area contributed by atoms with E-state index in [1.54, 1.807) is 5.38 Å². The maximum atomic E-state index is 12.4. The van der Waals surface area contributed by atoms with Crippen molar-refractivity contribution < 1.29 is 18.3 Å². The molecule has 7 heteroatoms. The lowest BCUT2D eigenvalue weighted by Crippen LogP contribution is -2.34. The van der Waals surface area contributed by atoms with Crippen LogP contribution in [-0.2, 0) is 29.4 Å².